The van der Waals surface area contributed by atoms with Crippen LogP contribution in [-0.4, -0.2) is 54.2 Å². The van der Waals surface area contributed by atoms with Gasteiger partial charge in [0.1, 0.15) is 0 Å². The average molecular weight is 255 g/mol. The summed E-state index contributed by atoms with van der Waals surface area (Å²) >= 11 is 0. The molecule has 3 nitrogen and oxygen atoms in total. The molecule has 0 aromatic carbocycles. The van der Waals surface area contributed by atoms with Crippen molar-refractivity contribution in [3.05, 3.63) is 0 Å². The van der Waals surface area contributed by atoms with Gasteiger partial charge in [-0.25, -0.2) is 0 Å². The molecule has 1 fully saturated rings. The SMILES string of the molecule is CC(N1CCN(CNC(C)(C)C)CC1)C(C)(C)C. The summed E-state index contributed by atoms with van der Waals surface area (Å²) in [5.41, 5.74) is 0.599. The van der Waals surface area contributed by atoms with E-state index in [2.05, 4.69) is 63.6 Å². The molecule has 1 heterocycles. The summed E-state index contributed by atoms with van der Waals surface area (Å²) in [6.45, 7) is 21.8. The maximum Gasteiger partial charge on any atom is 0.0485 e. The maximum atomic E-state index is 3.57. The van der Waals surface area contributed by atoms with E-state index in [0.717, 1.165) is 6.67 Å². The highest BCUT2D eigenvalue weighted by molar-refractivity contribution is 4.83. The Kier molecular flexibility index (Phi) is 5.22. The van der Waals surface area contributed by atoms with E-state index in [4.69, 9.17) is 0 Å². The minimum absolute atomic E-state index is 0.218. The van der Waals surface area contributed by atoms with Gasteiger partial charge in [-0.1, -0.05) is 20.8 Å². The van der Waals surface area contributed by atoms with E-state index in [1.807, 2.05) is 0 Å². The Morgan fingerprint density at radius 1 is 0.944 bits per heavy atom. The molecular weight excluding hydrogens is 222 g/mol. The van der Waals surface area contributed by atoms with E-state index >= 15 is 0 Å². The molecule has 1 aliphatic rings. The van der Waals surface area contributed by atoms with Gasteiger partial charge < -0.3 is 0 Å². The fourth-order valence-corrected chi connectivity index (χ4v) is 2.21. The second-order valence-corrected chi connectivity index (χ2v) is 7.78. The van der Waals surface area contributed by atoms with Gasteiger partial charge in [0, 0.05) is 44.4 Å². The third-order valence-electron chi connectivity index (χ3n) is 4.04. The number of piperazine rings is 1. The first-order chi connectivity index (χ1) is 8.09. The van der Waals surface area contributed by atoms with Crippen LogP contribution in [0.1, 0.15) is 48.5 Å². The topological polar surface area (TPSA) is 18.5 Å². The van der Waals surface area contributed by atoms with Crippen molar-refractivity contribution in [3.8, 4) is 0 Å². The Morgan fingerprint density at radius 3 is 1.83 bits per heavy atom. The van der Waals surface area contributed by atoms with Gasteiger partial charge in [0.05, 0.1) is 0 Å². The lowest BCUT2D eigenvalue weighted by Gasteiger charge is -2.43. The Bertz CT molecular complexity index is 241. The summed E-state index contributed by atoms with van der Waals surface area (Å²) in [5, 5.41) is 3.57. The lowest BCUT2D eigenvalue weighted by molar-refractivity contribution is 0.0491. The second-order valence-electron chi connectivity index (χ2n) is 7.78. The van der Waals surface area contributed by atoms with Gasteiger partial charge in [0.15, 0.2) is 0 Å². The van der Waals surface area contributed by atoms with Crippen LogP contribution in [0.4, 0.5) is 0 Å². The van der Waals surface area contributed by atoms with Gasteiger partial charge in [0.25, 0.3) is 0 Å². The first-order valence-corrected chi connectivity index (χ1v) is 7.31. The number of nitrogens with one attached hydrogen (secondary N) is 1. The van der Waals surface area contributed by atoms with Gasteiger partial charge in [-0.3, -0.25) is 15.1 Å². The van der Waals surface area contributed by atoms with E-state index in [-0.39, 0.29) is 5.54 Å². The van der Waals surface area contributed by atoms with Gasteiger partial charge in [-0.05, 0) is 33.1 Å². The van der Waals surface area contributed by atoms with Crippen molar-refractivity contribution in [2.45, 2.75) is 60.0 Å². The molecule has 108 valence electrons. The second kappa shape index (κ2) is 5.89. The average Bonchev–Trinajstić information content (AvgIpc) is 2.24. The predicted molar refractivity (Wildman–Crippen MR) is 79.8 cm³/mol. The molecule has 0 amide bonds. The predicted octanol–water partition coefficient (Wildman–Crippen LogP) is 2.38. The molecule has 0 aromatic heterocycles. The Morgan fingerprint density at radius 2 is 1.44 bits per heavy atom. The normalized spacial score (nSPS) is 22.2. The minimum atomic E-state index is 0.218. The molecule has 0 bridgehead atoms. The van der Waals surface area contributed by atoms with Crippen molar-refractivity contribution < 1.29 is 0 Å². The zero-order chi connectivity index (χ0) is 14.0. The van der Waals surface area contributed by atoms with Crippen LogP contribution in [0.5, 0.6) is 0 Å². The van der Waals surface area contributed by atoms with Gasteiger partial charge in [-0.15, -0.1) is 0 Å². The van der Waals surface area contributed by atoms with E-state index in [1.54, 1.807) is 0 Å². The van der Waals surface area contributed by atoms with Gasteiger partial charge in [0.2, 0.25) is 0 Å². The molecule has 3 heteroatoms. The highest BCUT2D eigenvalue weighted by Crippen LogP contribution is 2.24. The molecule has 18 heavy (non-hydrogen) atoms. The number of nitrogens with zero attached hydrogens (tertiary/aromatic N) is 2. The van der Waals surface area contributed by atoms with E-state index in [0.29, 0.717) is 11.5 Å². The lowest BCUT2D eigenvalue weighted by Crippen LogP contribution is -2.55. The van der Waals surface area contributed by atoms with Crippen molar-refractivity contribution in [3.63, 3.8) is 0 Å². The summed E-state index contributed by atoms with van der Waals surface area (Å²) in [4.78, 5) is 5.16. The van der Waals surface area contributed by atoms with Crippen LogP contribution in [0, 0.1) is 5.41 Å². The van der Waals surface area contributed by atoms with Crippen LogP contribution in [0.2, 0.25) is 0 Å². The molecule has 1 atom stereocenters. The number of hydrogen-bond acceptors (Lipinski definition) is 3. The first kappa shape index (κ1) is 15.9. The molecule has 0 radical (unpaired) electrons. The third-order valence-corrected chi connectivity index (χ3v) is 4.04. The summed E-state index contributed by atoms with van der Waals surface area (Å²) in [6, 6.07) is 0.662. The molecule has 0 spiro atoms. The minimum Gasteiger partial charge on any atom is -0.300 e. The van der Waals surface area contributed by atoms with Gasteiger partial charge in [-0.2, -0.15) is 0 Å². The maximum absolute atomic E-state index is 3.57. The van der Waals surface area contributed by atoms with Crippen LogP contribution >= 0.6 is 0 Å². The highest BCUT2D eigenvalue weighted by Gasteiger charge is 2.28. The Hall–Kier alpha value is -0.120. The standard InChI is InChI=1S/C15H33N3/c1-13(14(2,3)4)18-10-8-17(9-11-18)12-16-15(5,6)7/h13,16H,8-12H2,1-7H3. The van der Waals surface area contributed by atoms with Crippen molar-refractivity contribution in [1.29, 1.82) is 0 Å². The van der Waals surface area contributed by atoms with E-state index in [9.17, 15) is 0 Å². The first-order valence-electron chi connectivity index (χ1n) is 7.31. The zero-order valence-electron chi connectivity index (χ0n) is 13.5. The van der Waals surface area contributed by atoms with E-state index in [1.165, 1.54) is 26.2 Å². The Balaban J connectivity index is 2.33. The fourth-order valence-electron chi connectivity index (χ4n) is 2.21. The van der Waals surface area contributed by atoms with Crippen LogP contribution in [-0.2, 0) is 0 Å². The summed E-state index contributed by atoms with van der Waals surface area (Å²) in [5.74, 6) is 0. The summed E-state index contributed by atoms with van der Waals surface area (Å²) < 4.78 is 0. The lowest BCUT2D eigenvalue weighted by atomic mass is 9.86. The van der Waals surface area contributed by atoms with Crippen molar-refractivity contribution >= 4 is 0 Å². The number of hydrogen-bond donors (Lipinski definition) is 1. The summed E-state index contributed by atoms with van der Waals surface area (Å²) in [7, 11) is 0. The molecule has 0 aliphatic carbocycles. The monoisotopic (exact) mass is 255 g/mol. The molecule has 0 aromatic rings. The number of rotatable bonds is 3. The van der Waals surface area contributed by atoms with Crippen molar-refractivity contribution in [2.75, 3.05) is 32.8 Å². The third kappa shape index (κ3) is 5.25. The van der Waals surface area contributed by atoms with Crippen LogP contribution < -0.4 is 5.32 Å². The smallest absolute Gasteiger partial charge is 0.0485 e. The fraction of sp³-hybridized carbons (Fsp3) is 1.00. The molecular formula is C15H33N3. The quantitative estimate of drug-likeness (QED) is 0.835. The van der Waals surface area contributed by atoms with Gasteiger partial charge >= 0.3 is 0 Å². The van der Waals surface area contributed by atoms with Crippen molar-refractivity contribution in [2.24, 2.45) is 5.41 Å². The van der Waals surface area contributed by atoms with Crippen LogP contribution in [0.25, 0.3) is 0 Å². The zero-order valence-corrected chi connectivity index (χ0v) is 13.5. The molecule has 1 saturated heterocycles. The van der Waals surface area contributed by atoms with Crippen molar-refractivity contribution in [1.82, 2.24) is 15.1 Å². The highest BCUT2D eigenvalue weighted by atomic mass is 15.3. The van der Waals surface area contributed by atoms with Crippen LogP contribution in [0.15, 0.2) is 0 Å². The molecule has 0 saturated carbocycles. The summed E-state index contributed by atoms with van der Waals surface area (Å²) in [6.07, 6.45) is 0. The molecule has 1 aliphatic heterocycles. The molecule has 1 rings (SSSR count). The molecule has 1 N–H and O–H groups in total. The van der Waals surface area contributed by atoms with E-state index < -0.39 is 0 Å². The molecule has 1 unspecified atom stereocenters. The largest absolute Gasteiger partial charge is 0.300 e. The Labute approximate surface area is 114 Å². The van der Waals surface area contributed by atoms with Crippen LogP contribution in [0.3, 0.4) is 0 Å².